The highest BCUT2D eigenvalue weighted by Gasteiger charge is 2.35. The van der Waals surface area contributed by atoms with Crippen molar-refractivity contribution in [2.75, 3.05) is 35.0 Å². The minimum atomic E-state index is -0.840. The van der Waals surface area contributed by atoms with Crippen LogP contribution in [0.25, 0.3) is 0 Å². The molecular formula is C30H33NO9. The lowest BCUT2D eigenvalue weighted by atomic mass is 9.85. The number of aromatic nitrogens is 1. The van der Waals surface area contributed by atoms with Gasteiger partial charge in [-0.2, -0.15) is 0 Å². The third-order valence-electron chi connectivity index (χ3n) is 6.96. The standard InChI is InChI=1S/C30H33NO9/c1-17-27(21-8-6-19(35-2)15-25(21)38-5)22-9-7-20(36-3)16-26(22)39-13-11-18(30(34)40-17)14-23(32)28-29(33)24(37-4)10-12-31-28/h6-10,12,15-18,27,33H,11,13-14H2,1-5H3/t17-,18+,27?/m0/s1. The predicted molar refractivity (Wildman–Crippen MR) is 145 cm³/mol. The van der Waals surface area contributed by atoms with Crippen LogP contribution in [-0.4, -0.2) is 63.0 Å². The number of esters is 1. The van der Waals surface area contributed by atoms with Crippen molar-refractivity contribution in [2.24, 2.45) is 5.92 Å². The zero-order valence-corrected chi connectivity index (χ0v) is 23.1. The van der Waals surface area contributed by atoms with Gasteiger partial charge in [-0.25, -0.2) is 4.98 Å². The van der Waals surface area contributed by atoms with Crippen LogP contribution in [-0.2, 0) is 9.53 Å². The van der Waals surface area contributed by atoms with Crippen molar-refractivity contribution in [2.45, 2.75) is 31.8 Å². The molecule has 0 saturated heterocycles. The van der Waals surface area contributed by atoms with Gasteiger partial charge in [0, 0.05) is 41.9 Å². The number of hydrogen-bond donors (Lipinski definition) is 1. The number of fused-ring (bicyclic) bond motifs is 1. The molecule has 212 valence electrons. The van der Waals surface area contributed by atoms with Gasteiger partial charge in [0.1, 0.15) is 29.1 Å². The fourth-order valence-corrected chi connectivity index (χ4v) is 4.86. The molecule has 1 unspecified atom stereocenters. The van der Waals surface area contributed by atoms with Crippen molar-refractivity contribution in [1.82, 2.24) is 4.98 Å². The molecule has 0 radical (unpaired) electrons. The molecule has 40 heavy (non-hydrogen) atoms. The van der Waals surface area contributed by atoms with Gasteiger partial charge in [-0.3, -0.25) is 9.59 Å². The van der Waals surface area contributed by atoms with E-state index >= 15 is 0 Å². The van der Waals surface area contributed by atoms with Gasteiger partial charge >= 0.3 is 5.97 Å². The Morgan fingerprint density at radius 2 is 1.62 bits per heavy atom. The molecule has 1 aliphatic rings. The molecule has 0 spiro atoms. The number of rotatable bonds is 8. The van der Waals surface area contributed by atoms with Crippen LogP contribution in [0.4, 0.5) is 0 Å². The van der Waals surface area contributed by atoms with Gasteiger partial charge < -0.3 is 33.5 Å². The van der Waals surface area contributed by atoms with Crippen molar-refractivity contribution >= 4 is 11.8 Å². The molecule has 1 aromatic heterocycles. The van der Waals surface area contributed by atoms with Crippen LogP contribution in [0.2, 0.25) is 0 Å². The lowest BCUT2D eigenvalue weighted by molar-refractivity contribution is -0.154. The molecule has 0 aliphatic carbocycles. The summed E-state index contributed by atoms with van der Waals surface area (Å²) in [5, 5.41) is 10.4. The van der Waals surface area contributed by atoms with Gasteiger partial charge in [0.05, 0.1) is 46.9 Å². The molecule has 0 fully saturated rings. The van der Waals surface area contributed by atoms with Gasteiger partial charge in [-0.1, -0.05) is 12.1 Å². The topological polar surface area (TPSA) is 123 Å². The summed E-state index contributed by atoms with van der Waals surface area (Å²) in [7, 11) is 6.08. The van der Waals surface area contributed by atoms with Gasteiger partial charge in [0.25, 0.3) is 0 Å². The maximum Gasteiger partial charge on any atom is 0.309 e. The number of nitrogens with zero attached hydrogens (tertiary/aromatic N) is 1. The summed E-state index contributed by atoms with van der Waals surface area (Å²) in [5.41, 5.74) is 1.37. The number of methoxy groups -OCH3 is 4. The van der Waals surface area contributed by atoms with Crippen LogP contribution >= 0.6 is 0 Å². The first-order valence-electron chi connectivity index (χ1n) is 12.8. The number of aromatic hydroxyl groups is 1. The zero-order valence-electron chi connectivity index (χ0n) is 23.1. The molecule has 3 atom stereocenters. The Kier molecular flexibility index (Phi) is 8.98. The van der Waals surface area contributed by atoms with E-state index in [9.17, 15) is 14.7 Å². The van der Waals surface area contributed by atoms with Crippen LogP contribution in [0.3, 0.4) is 0 Å². The van der Waals surface area contributed by atoms with Gasteiger partial charge in [-0.05, 0) is 25.5 Å². The summed E-state index contributed by atoms with van der Waals surface area (Å²) >= 11 is 0. The van der Waals surface area contributed by atoms with E-state index in [0.29, 0.717) is 23.0 Å². The quantitative estimate of drug-likeness (QED) is 0.315. The zero-order chi connectivity index (χ0) is 28.8. The normalized spacial score (nSPS) is 18.9. The molecule has 1 N–H and O–H groups in total. The summed E-state index contributed by atoms with van der Waals surface area (Å²) in [6.07, 6.45) is 0.656. The number of carbonyl (C=O) groups is 2. The smallest absolute Gasteiger partial charge is 0.309 e. The van der Waals surface area contributed by atoms with Gasteiger partial charge in [0.15, 0.2) is 23.0 Å². The Labute approximate surface area is 232 Å². The molecular weight excluding hydrogens is 518 g/mol. The molecule has 0 saturated carbocycles. The molecule has 10 heteroatoms. The Morgan fingerprint density at radius 1 is 0.950 bits per heavy atom. The number of cyclic esters (lactones) is 1. The number of ether oxygens (including phenoxy) is 6. The van der Waals surface area contributed by atoms with Crippen molar-refractivity contribution < 1.29 is 43.1 Å². The van der Waals surface area contributed by atoms with Crippen molar-refractivity contribution in [3.63, 3.8) is 0 Å². The summed E-state index contributed by atoms with van der Waals surface area (Å²) in [4.78, 5) is 30.6. The number of carbonyl (C=O) groups excluding carboxylic acids is 2. The van der Waals surface area contributed by atoms with E-state index in [1.165, 1.54) is 19.4 Å². The second kappa shape index (κ2) is 12.6. The Morgan fingerprint density at radius 3 is 2.30 bits per heavy atom. The highest BCUT2D eigenvalue weighted by atomic mass is 16.5. The summed E-state index contributed by atoms with van der Waals surface area (Å²) in [6, 6.07) is 12.4. The fraction of sp³-hybridized carbons (Fsp3) is 0.367. The first kappa shape index (κ1) is 28.5. The largest absolute Gasteiger partial charge is 0.503 e. The van der Waals surface area contributed by atoms with E-state index in [-0.39, 0.29) is 36.6 Å². The third-order valence-corrected chi connectivity index (χ3v) is 6.96. The van der Waals surface area contributed by atoms with Gasteiger partial charge in [0.2, 0.25) is 0 Å². The van der Waals surface area contributed by atoms with Gasteiger partial charge in [-0.15, -0.1) is 0 Å². The van der Waals surface area contributed by atoms with Crippen molar-refractivity contribution in [3.8, 4) is 34.5 Å². The molecule has 2 aromatic carbocycles. The second-order valence-corrected chi connectivity index (χ2v) is 9.30. The molecule has 1 aliphatic heterocycles. The molecule has 3 aromatic rings. The SMILES string of the molecule is COc1ccc(C2c3ccc(OC)cc3OCC[C@H](CC(=O)c3nccc(OC)c3O)C(=O)O[C@H]2C)c(OC)c1. The van der Waals surface area contributed by atoms with Crippen LogP contribution in [0.5, 0.6) is 34.5 Å². The first-order valence-corrected chi connectivity index (χ1v) is 12.8. The Balaban J connectivity index is 1.71. The second-order valence-electron chi connectivity index (χ2n) is 9.30. The van der Waals surface area contributed by atoms with Crippen molar-refractivity contribution in [3.05, 3.63) is 65.5 Å². The lowest BCUT2D eigenvalue weighted by Crippen LogP contribution is -2.31. The Bertz CT molecular complexity index is 1370. The maximum atomic E-state index is 13.5. The molecule has 4 rings (SSSR count). The average molecular weight is 552 g/mol. The lowest BCUT2D eigenvalue weighted by Gasteiger charge is -2.31. The Hall–Kier alpha value is -4.47. The average Bonchev–Trinajstić information content (AvgIpc) is 2.96. The van der Waals surface area contributed by atoms with E-state index in [0.717, 1.165) is 11.1 Å². The van der Waals surface area contributed by atoms with E-state index in [2.05, 4.69) is 4.98 Å². The first-order chi connectivity index (χ1) is 19.3. The van der Waals surface area contributed by atoms with Crippen LogP contribution in [0, 0.1) is 5.92 Å². The van der Waals surface area contributed by atoms with E-state index in [4.69, 9.17) is 28.4 Å². The summed E-state index contributed by atoms with van der Waals surface area (Å²) < 4.78 is 33.8. The van der Waals surface area contributed by atoms with E-state index in [1.54, 1.807) is 40.4 Å². The van der Waals surface area contributed by atoms with Crippen LogP contribution < -0.4 is 23.7 Å². The van der Waals surface area contributed by atoms with Crippen molar-refractivity contribution in [1.29, 1.82) is 0 Å². The highest BCUT2D eigenvalue weighted by Crippen LogP contribution is 2.43. The van der Waals surface area contributed by atoms with E-state index < -0.39 is 29.7 Å². The number of benzene rings is 2. The number of hydrogen-bond acceptors (Lipinski definition) is 10. The van der Waals surface area contributed by atoms with Crippen LogP contribution in [0.15, 0.2) is 48.7 Å². The molecule has 10 nitrogen and oxygen atoms in total. The molecule has 0 amide bonds. The monoisotopic (exact) mass is 551 g/mol. The van der Waals surface area contributed by atoms with Crippen LogP contribution in [0.1, 0.15) is 47.3 Å². The number of pyridine rings is 1. The maximum absolute atomic E-state index is 13.5. The predicted octanol–water partition coefficient (Wildman–Crippen LogP) is 4.56. The highest BCUT2D eigenvalue weighted by molar-refractivity contribution is 5.99. The summed E-state index contributed by atoms with van der Waals surface area (Å²) in [5.74, 6) is -0.318. The minimum Gasteiger partial charge on any atom is -0.503 e. The van der Waals surface area contributed by atoms with E-state index in [1.807, 2.05) is 24.3 Å². The third kappa shape index (κ3) is 5.90. The number of ketones is 1. The fourth-order valence-electron chi connectivity index (χ4n) is 4.86. The summed E-state index contributed by atoms with van der Waals surface area (Å²) in [6.45, 7) is 1.92. The number of Topliss-reactive ketones (excluding diaryl/α,β-unsaturated/α-hetero) is 1. The molecule has 2 heterocycles. The molecule has 0 bridgehead atoms. The minimum absolute atomic E-state index is 0.116.